The number of aryl methyl sites for hydroxylation is 1. The van der Waals surface area contributed by atoms with Crippen molar-refractivity contribution in [3.05, 3.63) is 63.9 Å². The summed E-state index contributed by atoms with van der Waals surface area (Å²) in [5, 5.41) is 12.7. The standard InChI is InChI=1S/C16H15ClFNO2/c1-9-3-4-11(7-14(9)18)10(2)19-16(21)13-8-12(17)5-6-15(13)20/h3-8,10,20H,1-2H3,(H,19,21). The predicted molar refractivity (Wildman–Crippen MR) is 80.1 cm³/mol. The lowest BCUT2D eigenvalue weighted by Crippen LogP contribution is -2.26. The van der Waals surface area contributed by atoms with Crippen LogP contribution in [0.5, 0.6) is 5.75 Å². The first kappa shape index (κ1) is 15.3. The SMILES string of the molecule is Cc1ccc(C(C)NC(=O)c2cc(Cl)ccc2O)cc1F. The first-order chi connectivity index (χ1) is 9.88. The second kappa shape index (κ2) is 6.14. The van der Waals surface area contributed by atoms with Crippen molar-refractivity contribution >= 4 is 17.5 Å². The molecule has 0 heterocycles. The van der Waals surface area contributed by atoms with E-state index in [1.54, 1.807) is 26.0 Å². The minimum atomic E-state index is -0.469. The highest BCUT2D eigenvalue weighted by molar-refractivity contribution is 6.31. The summed E-state index contributed by atoms with van der Waals surface area (Å²) in [6.45, 7) is 3.41. The van der Waals surface area contributed by atoms with Gasteiger partial charge in [-0.3, -0.25) is 4.79 Å². The molecule has 0 aromatic heterocycles. The van der Waals surface area contributed by atoms with Crippen molar-refractivity contribution in [2.45, 2.75) is 19.9 Å². The molecule has 1 unspecified atom stereocenters. The molecule has 2 aromatic carbocycles. The highest BCUT2D eigenvalue weighted by atomic mass is 35.5. The minimum absolute atomic E-state index is 0.0851. The number of carbonyl (C=O) groups excluding carboxylic acids is 1. The van der Waals surface area contributed by atoms with Gasteiger partial charge in [-0.05, 0) is 49.2 Å². The van der Waals surface area contributed by atoms with Crippen molar-refractivity contribution in [3.63, 3.8) is 0 Å². The van der Waals surface area contributed by atoms with Crippen molar-refractivity contribution in [1.29, 1.82) is 0 Å². The van der Waals surface area contributed by atoms with Crippen LogP contribution in [0.25, 0.3) is 0 Å². The normalized spacial score (nSPS) is 12.0. The zero-order valence-corrected chi connectivity index (χ0v) is 12.4. The van der Waals surface area contributed by atoms with E-state index < -0.39 is 11.9 Å². The molecule has 1 atom stereocenters. The van der Waals surface area contributed by atoms with E-state index in [0.717, 1.165) is 0 Å². The number of hydrogen-bond acceptors (Lipinski definition) is 2. The first-order valence-corrected chi connectivity index (χ1v) is 6.81. The van der Waals surface area contributed by atoms with Crippen molar-refractivity contribution in [2.75, 3.05) is 0 Å². The van der Waals surface area contributed by atoms with Crippen molar-refractivity contribution < 1.29 is 14.3 Å². The molecule has 2 rings (SSSR count). The lowest BCUT2D eigenvalue weighted by Gasteiger charge is -2.15. The smallest absolute Gasteiger partial charge is 0.255 e. The van der Waals surface area contributed by atoms with Gasteiger partial charge in [0.15, 0.2) is 0 Å². The van der Waals surface area contributed by atoms with Crippen LogP contribution in [0.2, 0.25) is 5.02 Å². The second-order valence-corrected chi connectivity index (χ2v) is 5.30. The Morgan fingerprint density at radius 2 is 2.00 bits per heavy atom. The van der Waals surface area contributed by atoms with Gasteiger partial charge < -0.3 is 10.4 Å². The molecule has 3 nitrogen and oxygen atoms in total. The fraction of sp³-hybridized carbons (Fsp3) is 0.188. The van der Waals surface area contributed by atoms with E-state index in [1.165, 1.54) is 24.3 Å². The van der Waals surface area contributed by atoms with Gasteiger partial charge in [0.2, 0.25) is 0 Å². The monoisotopic (exact) mass is 307 g/mol. The quantitative estimate of drug-likeness (QED) is 0.901. The molecule has 0 radical (unpaired) electrons. The fourth-order valence-electron chi connectivity index (χ4n) is 1.93. The van der Waals surface area contributed by atoms with Gasteiger partial charge in [-0.25, -0.2) is 4.39 Å². The highest BCUT2D eigenvalue weighted by Crippen LogP contribution is 2.23. The Bertz CT molecular complexity index is 688. The summed E-state index contributed by atoms with van der Waals surface area (Å²) in [5.74, 6) is -0.943. The molecule has 5 heteroatoms. The topological polar surface area (TPSA) is 49.3 Å². The third kappa shape index (κ3) is 3.52. The molecule has 0 saturated carbocycles. The molecule has 0 spiro atoms. The zero-order chi connectivity index (χ0) is 15.6. The summed E-state index contributed by atoms with van der Waals surface area (Å²) in [6.07, 6.45) is 0. The average molecular weight is 308 g/mol. The van der Waals surface area contributed by atoms with Gasteiger partial charge in [-0.1, -0.05) is 23.7 Å². The molecule has 110 valence electrons. The molecular weight excluding hydrogens is 293 g/mol. The van der Waals surface area contributed by atoms with Crippen LogP contribution in [0.3, 0.4) is 0 Å². The summed E-state index contributed by atoms with van der Waals surface area (Å²) in [5.41, 5.74) is 1.28. The maximum Gasteiger partial charge on any atom is 0.255 e. The lowest BCUT2D eigenvalue weighted by atomic mass is 10.1. The van der Waals surface area contributed by atoms with Crippen LogP contribution in [0.15, 0.2) is 36.4 Å². The number of halogens is 2. The lowest BCUT2D eigenvalue weighted by molar-refractivity contribution is 0.0937. The van der Waals surface area contributed by atoms with Gasteiger partial charge in [0, 0.05) is 5.02 Å². The maximum absolute atomic E-state index is 13.5. The number of phenolic OH excluding ortho intramolecular Hbond substituents is 1. The molecule has 0 bridgehead atoms. The minimum Gasteiger partial charge on any atom is -0.507 e. The second-order valence-electron chi connectivity index (χ2n) is 4.87. The molecule has 0 aliphatic carbocycles. The molecule has 0 fully saturated rings. The summed E-state index contributed by atoms with van der Waals surface area (Å²) in [4.78, 5) is 12.1. The van der Waals surface area contributed by atoms with E-state index in [9.17, 15) is 14.3 Å². The van der Waals surface area contributed by atoms with Gasteiger partial charge >= 0.3 is 0 Å². The molecule has 21 heavy (non-hydrogen) atoms. The Hall–Kier alpha value is -2.07. The Labute approximate surface area is 127 Å². The van der Waals surface area contributed by atoms with Crippen molar-refractivity contribution in [3.8, 4) is 5.75 Å². The van der Waals surface area contributed by atoms with Crippen LogP contribution in [-0.4, -0.2) is 11.0 Å². The van der Waals surface area contributed by atoms with Crippen LogP contribution < -0.4 is 5.32 Å². The number of benzene rings is 2. The van der Waals surface area contributed by atoms with Crippen LogP contribution in [0.4, 0.5) is 4.39 Å². The molecule has 2 N–H and O–H groups in total. The van der Waals surface area contributed by atoms with Crippen molar-refractivity contribution in [2.24, 2.45) is 0 Å². The molecule has 1 amide bonds. The Kier molecular flexibility index (Phi) is 4.48. The highest BCUT2D eigenvalue weighted by Gasteiger charge is 2.16. The Morgan fingerprint density at radius 1 is 1.29 bits per heavy atom. The van der Waals surface area contributed by atoms with E-state index >= 15 is 0 Å². The third-order valence-electron chi connectivity index (χ3n) is 3.25. The summed E-state index contributed by atoms with van der Waals surface area (Å²) >= 11 is 5.81. The summed E-state index contributed by atoms with van der Waals surface area (Å²) < 4.78 is 13.5. The fourth-order valence-corrected chi connectivity index (χ4v) is 2.10. The Morgan fingerprint density at radius 3 is 2.67 bits per heavy atom. The van der Waals surface area contributed by atoms with Crippen LogP contribution in [-0.2, 0) is 0 Å². The number of amides is 1. The van der Waals surface area contributed by atoms with E-state index in [4.69, 9.17) is 11.6 Å². The van der Waals surface area contributed by atoms with E-state index in [-0.39, 0.29) is 17.1 Å². The van der Waals surface area contributed by atoms with Gasteiger partial charge in [0.1, 0.15) is 11.6 Å². The number of nitrogens with one attached hydrogen (secondary N) is 1. The van der Waals surface area contributed by atoms with Crippen molar-refractivity contribution in [1.82, 2.24) is 5.32 Å². The molecule has 2 aromatic rings. The van der Waals surface area contributed by atoms with Gasteiger partial charge in [0.05, 0.1) is 11.6 Å². The number of hydrogen-bond donors (Lipinski definition) is 2. The Balaban J connectivity index is 2.18. The maximum atomic E-state index is 13.5. The van der Waals surface area contributed by atoms with Crippen LogP contribution >= 0.6 is 11.6 Å². The molecule has 0 saturated heterocycles. The number of rotatable bonds is 3. The third-order valence-corrected chi connectivity index (χ3v) is 3.48. The number of aromatic hydroxyl groups is 1. The average Bonchev–Trinajstić information content (AvgIpc) is 2.44. The van der Waals surface area contributed by atoms with Crippen LogP contribution in [0, 0.1) is 12.7 Å². The summed E-state index contributed by atoms with van der Waals surface area (Å²) in [7, 11) is 0. The van der Waals surface area contributed by atoms with Gasteiger partial charge in [0.25, 0.3) is 5.91 Å². The first-order valence-electron chi connectivity index (χ1n) is 6.44. The summed E-state index contributed by atoms with van der Waals surface area (Å²) in [6, 6.07) is 8.63. The molecule has 0 aliphatic rings. The van der Waals surface area contributed by atoms with E-state index in [1.807, 2.05) is 0 Å². The van der Waals surface area contributed by atoms with E-state index in [2.05, 4.69) is 5.32 Å². The zero-order valence-electron chi connectivity index (χ0n) is 11.7. The van der Waals surface area contributed by atoms with Crippen LogP contribution in [0.1, 0.15) is 34.5 Å². The molecular formula is C16H15ClFNO2. The number of carbonyl (C=O) groups is 1. The molecule has 0 aliphatic heterocycles. The van der Waals surface area contributed by atoms with Gasteiger partial charge in [-0.15, -0.1) is 0 Å². The largest absolute Gasteiger partial charge is 0.507 e. The van der Waals surface area contributed by atoms with E-state index in [0.29, 0.717) is 16.1 Å². The van der Waals surface area contributed by atoms with Gasteiger partial charge in [-0.2, -0.15) is 0 Å². The number of phenols is 1. The predicted octanol–water partition coefficient (Wildman–Crippen LogP) is 3.98.